The maximum absolute atomic E-state index is 10.4. The van der Waals surface area contributed by atoms with Gasteiger partial charge in [-0.25, -0.2) is 0 Å². The van der Waals surface area contributed by atoms with E-state index in [-0.39, 0.29) is 0 Å². The number of fused-ring (bicyclic) bond motifs is 7. The maximum Gasteiger partial charge on any atom is 0.0992 e. The van der Waals surface area contributed by atoms with Crippen molar-refractivity contribution in [1.29, 1.82) is 10.5 Å². The minimum atomic E-state index is 0.563. The van der Waals surface area contributed by atoms with E-state index in [2.05, 4.69) is 167 Å². The minimum absolute atomic E-state index is 0.563. The predicted octanol–water partition coefficient (Wildman–Crippen LogP) is 12.7. The first kappa shape index (κ1) is 32.8. The second-order valence-electron chi connectivity index (χ2n) is 14.1. The van der Waals surface area contributed by atoms with Gasteiger partial charge in [-0.3, -0.25) is 0 Å². The van der Waals surface area contributed by atoms with Gasteiger partial charge in [-0.2, -0.15) is 10.5 Å². The molecular weight excluding hydrogens is 683 g/mol. The molecule has 0 unspecified atom stereocenters. The molecule has 56 heavy (non-hydrogen) atoms. The number of allylic oxidation sites excluding steroid dienone is 2. The molecule has 10 aromatic rings. The van der Waals surface area contributed by atoms with Crippen molar-refractivity contribution in [2.24, 2.45) is 0 Å². The van der Waals surface area contributed by atoms with Crippen molar-refractivity contribution in [2.45, 2.75) is 6.92 Å². The average Bonchev–Trinajstić information content (AvgIpc) is 3.86. The third-order valence-corrected chi connectivity index (χ3v) is 11.0. The molecule has 0 fully saturated rings. The topological polar surface area (TPSA) is 62.4 Å². The molecule has 0 spiro atoms. The first-order valence-electron chi connectivity index (χ1n) is 18.6. The highest BCUT2D eigenvalue weighted by Crippen LogP contribution is 2.39. The Bertz CT molecular complexity index is 3320. The first-order valence-corrected chi connectivity index (χ1v) is 18.6. The third-order valence-electron chi connectivity index (χ3n) is 11.0. The van der Waals surface area contributed by atoms with Gasteiger partial charge in [0, 0.05) is 55.3 Å². The molecule has 5 nitrogen and oxygen atoms in total. The number of nitrogens with zero attached hydrogens (tertiary/aromatic N) is 5. The zero-order valence-corrected chi connectivity index (χ0v) is 30.6. The van der Waals surface area contributed by atoms with Crippen LogP contribution in [-0.2, 0) is 0 Å². The van der Waals surface area contributed by atoms with Gasteiger partial charge >= 0.3 is 0 Å². The second-order valence-corrected chi connectivity index (χ2v) is 14.1. The van der Waals surface area contributed by atoms with E-state index in [1.165, 1.54) is 16.2 Å². The molecule has 0 bridgehead atoms. The van der Waals surface area contributed by atoms with Crippen LogP contribution in [0.5, 0.6) is 0 Å². The molecule has 0 radical (unpaired) electrons. The summed E-state index contributed by atoms with van der Waals surface area (Å²) < 4.78 is 6.83. The molecule has 0 aliphatic carbocycles. The van der Waals surface area contributed by atoms with Crippen molar-refractivity contribution >= 4 is 60.6 Å². The van der Waals surface area contributed by atoms with E-state index >= 15 is 0 Å². The van der Waals surface area contributed by atoms with E-state index < -0.39 is 0 Å². The normalized spacial score (nSPS) is 11.6. The molecule has 0 saturated heterocycles. The molecule has 0 aliphatic rings. The van der Waals surface area contributed by atoms with Crippen LogP contribution in [-0.4, -0.2) is 13.7 Å². The molecule has 262 valence electrons. The van der Waals surface area contributed by atoms with E-state index in [0.717, 1.165) is 77.8 Å². The van der Waals surface area contributed by atoms with Crippen LogP contribution in [0.2, 0.25) is 0 Å². The summed E-state index contributed by atoms with van der Waals surface area (Å²) in [7, 11) is 0. The lowest BCUT2D eigenvalue weighted by Crippen LogP contribution is -1.98. The summed E-state index contributed by atoms with van der Waals surface area (Å²) in [5.41, 5.74) is 13.7. The van der Waals surface area contributed by atoms with E-state index in [4.69, 9.17) is 0 Å². The number of hydrogen-bond donors (Lipinski definition) is 0. The molecule has 0 N–H and O–H groups in total. The standard InChI is InChI=1S/C51H33N5/c1-3-4-14-41-33(2)54(47-18-8-5-15-42(41)47)38-13-11-12-36(28-38)37-25-35(32-53)26-40(29-37)56-50-23-21-34(31-52)27-45(50)46-30-39(22-24-51(46)56)55-48-19-9-6-16-43(48)44-17-7-10-20-49(44)55/h3-30H,1H2,2H3/b14-4-. The highest BCUT2D eigenvalue weighted by atomic mass is 15.0. The Morgan fingerprint density at radius 3 is 1.73 bits per heavy atom. The van der Waals surface area contributed by atoms with Crippen molar-refractivity contribution in [3.63, 3.8) is 0 Å². The van der Waals surface area contributed by atoms with Gasteiger partial charge < -0.3 is 13.7 Å². The molecule has 3 heterocycles. The lowest BCUT2D eigenvalue weighted by molar-refractivity contribution is 1.05. The number of para-hydroxylation sites is 3. The summed E-state index contributed by atoms with van der Waals surface area (Å²) in [6.07, 6.45) is 5.90. The Morgan fingerprint density at radius 2 is 1.04 bits per heavy atom. The fourth-order valence-corrected chi connectivity index (χ4v) is 8.59. The number of aromatic nitrogens is 3. The zero-order chi connectivity index (χ0) is 37.9. The lowest BCUT2D eigenvalue weighted by atomic mass is 10.0. The van der Waals surface area contributed by atoms with Crippen molar-refractivity contribution in [3.8, 4) is 40.3 Å². The Hall–Kier alpha value is -7.86. The summed E-state index contributed by atoms with van der Waals surface area (Å²) >= 11 is 0. The fourth-order valence-electron chi connectivity index (χ4n) is 8.59. The van der Waals surface area contributed by atoms with Crippen LogP contribution in [0.3, 0.4) is 0 Å². The molecule has 3 aromatic heterocycles. The van der Waals surface area contributed by atoms with Crippen molar-refractivity contribution in [1.82, 2.24) is 13.7 Å². The molecule has 5 heteroatoms. The smallest absolute Gasteiger partial charge is 0.0992 e. The van der Waals surface area contributed by atoms with Crippen LogP contribution in [0.4, 0.5) is 0 Å². The largest absolute Gasteiger partial charge is 0.313 e. The monoisotopic (exact) mass is 715 g/mol. The third kappa shape index (κ3) is 5.00. The Labute approximate surface area is 323 Å². The molecule has 0 atom stereocenters. The van der Waals surface area contributed by atoms with Crippen LogP contribution in [0.15, 0.2) is 170 Å². The fraction of sp³-hybridized carbons (Fsp3) is 0.0196. The van der Waals surface area contributed by atoms with E-state index in [1.807, 2.05) is 36.4 Å². The number of rotatable bonds is 6. The average molecular weight is 716 g/mol. The van der Waals surface area contributed by atoms with Gasteiger partial charge in [-0.1, -0.05) is 91.5 Å². The van der Waals surface area contributed by atoms with Gasteiger partial charge in [0.25, 0.3) is 0 Å². The van der Waals surface area contributed by atoms with Crippen LogP contribution in [0.25, 0.3) is 88.8 Å². The molecular formula is C51H33N5. The summed E-state index contributed by atoms with van der Waals surface area (Å²) in [5.74, 6) is 0. The van der Waals surface area contributed by atoms with E-state index in [9.17, 15) is 10.5 Å². The van der Waals surface area contributed by atoms with Crippen LogP contribution in [0, 0.1) is 29.6 Å². The number of hydrogen-bond acceptors (Lipinski definition) is 2. The Morgan fingerprint density at radius 1 is 0.464 bits per heavy atom. The zero-order valence-electron chi connectivity index (χ0n) is 30.6. The van der Waals surface area contributed by atoms with Gasteiger partial charge in [-0.15, -0.1) is 0 Å². The summed E-state index contributed by atoms with van der Waals surface area (Å²) in [6.45, 7) is 6.03. The number of benzene rings is 7. The number of nitriles is 2. The van der Waals surface area contributed by atoms with Gasteiger partial charge in [-0.05, 0) is 103 Å². The molecule has 0 aliphatic heterocycles. The molecule has 7 aromatic carbocycles. The van der Waals surface area contributed by atoms with Crippen molar-refractivity contribution in [2.75, 3.05) is 0 Å². The summed E-state index contributed by atoms with van der Waals surface area (Å²) in [6, 6.07) is 57.3. The lowest BCUT2D eigenvalue weighted by Gasteiger charge is -2.14. The SMILES string of the molecule is C=C/C=C\c1c(C)n(-c2cccc(-c3cc(C#N)cc(-n4c5ccc(C#N)cc5c5cc(-n6c7ccccc7c7ccccc76)ccc54)c3)c2)c2ccccc12. The van der Waals surface area contributed by atoms with Crippen molar-refractivity contribution in [3.05, 3.63) is 193 Å². The van der Waals surface area contributed by atoms with Gasteiger partial charge in [0.05, 0.1) is 50.8 Å². The Kier molecular flexibility index (Phi) is 7.56. The van der Waals surface area contributed by atoms with E-state index in [0.29, 0.717) is 11.1 Å². The highest BCUT2D eigenvalue weighted by molar-refractivity contribution is 6.12. The maximum atomic E-state index is 10.4. The van der Waals surface area contributed by atoms with Crippen molar-refractivity contribution < 1.29 is 0 Å². The van der Waals surface area contributed by atoms with Gasteiger partial charge in [0.1, 0.15) is 0 Å². The first-order chi connectivity index (χ1) is 27.6. The Balaban J connectivity index is 1.17. The van der Waals surface area contributed by atoms with Gasteiger partial charge in [0.15, 0.2) is 0 Å². The minimum Gasteiger partial charge on any atom is -0.313 e. The van der Waals surface area contributed by atoms with Gasteiger partial charge in [0.2, 0.25) is 0 Å². The quantitative estimate of drug-likeness (QED) is 0.161. The van der Waals surface area contributed by atoms with E-state index in [1.54, 1.807) is 6.08 Å². The second kappa shape index (κ2) is 12.9. The molecule has 0 amide bonds. The van der Waals surface area contributed by atoms with Crippen LogP contribution >= 0.6 is 0 Å². The molecule has 10 rings (SSSR count). The predicted molar refractivity (Wildman–Crippen MR) is 231 cm³/mol. The van der Waals surface area contributed by atoms with Crippen LogP contribution < -0.4 is 0 Å². The summed E-state index contributed by atoms with van der Waals surface area (Å²) in [4.78, 5) is 0. The highest BCUT2D eigenvalue weighted by Gasteiger charge is 2.19. The van der Waals surface area contributed by atoms with Crippen LogP contribution in [0.1, 0.15) is 22.4 Å². The summed E-state index contributed by atoms with van der Waals surface area (Å²) in [5, 5.41) is 25.9. The molecule has 0 saturated carbocycles.